The highest BCUT2D eigenvalue weighted by Gasteiger charge is 2.47. The van der Waals surface area contributed by atoms with E-state index < -0.39 is 6.10 Å². The van der Waals surface area contributed by atoms with Crippen molar-refractivity contribution in [3.05, 3.63) is 23.8 Å². The first-order chi connectivity index (χ1) is 11.6. The van der Waals surface area contributed by atoms with E-state index in [2.05, 4.69) is 11.0 Å². The Bertz CT molecular complexity index is 640. The Morgan fingerprint density at radius 1 is 1.29 bits per heavy atom. The molecule has 3 aliphatic heterocycles. The minimum absolute atomic E-state index is 0.199. The van der Waals surface area contributed by atoms with Crippen LogP contribution < -0.4 is 9.47 Å². The Balaban J connectivity index is 1.43. The zero-order valence-corrected chi connectivity index (χ0v) is 14.0. The van der Waals surface area contributed by atoms with E-state index in [4.69, 9.17) is 9.47 Å². The summed E-state index contributed by atoms with van der Waals surface area (Å²) in [6.45, 7) is 3.26. The van der Waals surface area contributed by atoms with Crippen LogP contribution in [-0.2, 0) is 11.3 Å². The normalized spacial score (nSPS) is 26.2. The van der Waals surface area contributed by atoms with E-state index >= 15 is 0 Å². The Morgan fingerprint density at radius 2 is 2.08 bits per heavy atom. The van der Waals surface area contributed by atoms with Gasteiger partial charge in [-0.05, 0) is 38.4 Å². The summed E-state index contributed by atoms with van der Waals surface area (Å²) >= 11 is 0. The molecule has 0 aliphatic carbocycles. The van der Waals surface area contributed by atoms with Crippen LogP contribution in [0.2, 0.25) is 0 Å². The number of aliphatic hydroxyl groups is 1. The second-order valence-corrected chi connectivity index (χ2v) is 7.25. The van der Waals surface area contributed by atoms with Crippen LogP contribution >= 0.6 is 0 Å². The maximum absolute atomic E-state index is 12.6. The molecule has 6 nitrogen and oxygen atoms in total. The first kappa shape index (κ1) is 15.7. The number of para-hydroxylation sites is 1. The molecule has 1 aromatic rings. The minimum Gasteiger partial charge on any atom is -0.454 e. The van der Waals surface area contributed by atoms with Crippen molar-refractivity contribution >= 4 is 5.91 Å². The van der Waals surface area contributed by atoms with Crippen LogP contribution in [0.5, 0.6) is 11.5 Å². The van der Waals surface area contributed by atoms with Crippen molar-refractivity contribution in [2.45, 2.75) is 31.9 Å². The molecule has 1 spiro atoms. The van der Waals surface area contributed by atoms with E-state index in [9.17, 15) is 9.90 Å². The quantitative estimate of drug-likeness (QED) is 0.882. The van der Waals surface area contributed by atoms with Crippen molar-refractivity contribution in [3.63, 3.8) is 0 Å². The summed E-state index contributed by atoms with van der Waals surface area (Å²) in [7, 11) is 1.80. The summed E-state index contributed by atoms with van der Waals surface area (Å²) in [5, 5.41) is 10.1. The number of carbonyl (C=O) groups excluding carboxylic acids is 1. The number of β-amino-alcohol motifs (C(OH)–C–C–N with tert-alkyl or cyclic N) is 1. The lowest BCUT2D eigenvalue weighted by molar-refractivity contribution is -0.154. The van der Waals surface area contributed by atoms with Crippen molar-refractivity contribution in [2.24, 2.45) is 5.41 Å². The van der Waals surface area contributed by atoms with Gasteiger partial charge in [0.05, 0.1) is 11.5 Å². The lowest BCUT2D eigenvalue weighted by Gasteiger charge is -2.47. The molecule has 2 fully saturated rings. The summed E-state index contributed by atoms with van der Waals surface area (Å²) < 4.78 is 11.0. The lowest BCUT2D eigenvalue weighted by Crippen LogP contribution is -2.56. The number of amides is 1. The summed E-state index contributed by atoms with van der Waals surface area (Å²) in [6, 6.07) is 5.99. The van der Waals surface area contributed by atoms with Crippen molar-refractivity contribution in [1.82, 2.24) is 9.80 Å². The molecule has 1 amide bonds. The Kier molecular flexibility index (Phi) is 3.89. The predicted molar refractivity (Wildman–Crippen MR) is 87.8 cm³/mol. The van der Waals surface area contributed by atoms with Gasteiger partial charge in [-0.15, -0.1) is 0 Å². The molecular weight excluding hydrogens is 308 g/mol. The molecule has 2 saturated heterocycles. The summed E-state index contributed by atoms with van der Waals surface area (Å²) in [6.07, 6.45) is 1.81. The van der Waals surface area contributed by atoms with Gasteiger partial charge in [-0.2, -0.15) is 0 Å². The first-order valence-corrected chi connectivity index (χ1v) is 8.61. The fourth-order valence-electron chi connectivity index (χ4n) is 4.32. The monoisotopic (exact) mass is 332 g/mol. The Morgan fingerprint density at radius 3 is 2.88 bits per heavy atom. The van der Waals surface area contributed by atoms with Crippen molar-refractivity contribution < 1.29 is 19.4 Å². The van der Waals surface area contributed by atoms with Gasteiger partial charge in [0.15, 0.2) is 11.5 Å². The number of likely N-dealkylation sites (tertiary alicyclic amines) is 2. The molecule has 0 aromatic heterocycles. The van der Waals surface area contributed by atoms with Crippen LogP contribution in [0.4, 0.5) is 0 Å². The zero-order chi connectivity index (χ0) is 16.7. The van der Waals surface area contributed by atoms with E-state index in [-0.39, 0.29) is 18.1 Å². The van der Waals surface area contributed by atoms with E-state index in [0.717, 1.165) is 49.5 Å². The highest BCUT2D eigenvalue weighted by atomic mass is 16.7. The lowest BCUT2D eigenvalue weighted by atomic mass is 9.71. The molecule has 24 heavy (non-hydrogen) atoms. The second kappa shape index (κ2) is 5.93. The topological polar surface area (TPSA) is 62.2 Å². The molecule has 3 aliphatic rings. The molecular formula is C18H24N2O4. The average Bonchev–Trinajstić information content (AvgIpc) is 3.04. The number of hydrogen-bond donors (Lipinski definition) is 1. The van der Waals surface area contributed by atoms with Crippen molar-refractivity contribution in [3.8, 4) is 11.5 Å². The zero-order valence-electron chi connectivity index (χ0n) is 14.0. The van der Waals surface area contributed by atoms with Crippen molar-refractivity contribution in [1.29, 1.82) is 0 Å². The third kappa shape index (κ3) is 2.63. The Hall–Kier alpha value is -1.79. The van der Waals surface area contributed by atoms with Crippen molar-refractivity contribution in [2.75, 3.05) is 33.5 Å². The highest BCUT2D eigenvalue weighted by molar-refractivity contribution is 5.83. The van der Waals surface area contributed by atoms with Crippen LogP contribution in [0, 0.1) is 5.41 Å². The maximum atomic E-state index is 12.6. The maximum Gasteiger partial charge on any atom is 0.231 e. The fraction of sp³-hybridized carbons (Fsp3) is 0.611. The van der Waals surface area contributed by atoms with Crippen LogP contribution in [0.3, 0.4) is 0 Å². The standard InChI is InChI=1S/C18H24N2O4/c1-19-11-14(21)9-18(17(19)22)5-7-20(8-6-18)10-13-3-2-4-15-16(13)24-12-23-15/h2-4,14,21H,5-12H2,1H3. The fourth-order valence-corrected chi connectivity index (χ4v) is 4.32. The van der Waals surface area contributed by atoms with Gasteiger partial charge >= 0.3 is 0 Å². The summed E-state index contributed by atoms with van der Waals surface area (Å²) in [5.41, 5.74) is 0.759. The number of carbonyl (C=O) groups is 1. The number of ether oxygens (including phenoxy) is 2. The molecule has 1 aromatic carbocycles. The van der Waals surface area contributed by atoms with Gasteiger partial charge in [0, 0.05) is 25.7 Å². The molecule has 0 bridgehead atoms. The largest absolute Gasteiger partial charge is 0.454 e. The molecule has 3 heterocycles. The predicted octanol–water partition coefficient (Wildman–Crippen LogP) is 1.22. The minimum atomic E-state index is -0.401. The molecule has 1 unspecified atom stereocenters. The summed E-state index contributed by atoms with van der Waals surface area (Å²) in [4.78, 5) is 16.7. The number of aliphatic hydroxyl groups excluding tert-OH is 1. The second-order valence-electron chi connectivity index (χ2n) is 7.25. The number of likely N-dealkylation sites (N-methyl/N-ethyl adjacent to an activating group) is 1. The number of rotatable bonds is 2. The van der Waals surface area contributed by atoms with Gasteiger partial charge in [-0.25, -0.2) is 0 Å². The molecule has 0 saturated carbocycles. The van der Waals surface area contributed by atoms with Gasteiger partial charge in [0.1, 0.15) is 0 Å². The van der Waals surface area contributed by atoms with Crippen LogP contribution in [0.25, 0.3) is 0 Å². The molecule has 4 rings (SSSR count). The number of benzene rings is 1. The van der Waals surface area contributed by atoms with Gasteiger partial charge in [0.25, 0.3) is 0 Å². The SMILES string of the molecule is CN1CC(O)CC2(CCN(Cc3cccc4c3OCO4)CC2)C1=O. The Labute approximate surface area is 141 Å². The number of fused-ring (bicyclic) bond motifs is 1. The summed E-state index contributed by atoms with van der Waals surface area (Å²) in [5.74, 6) is 1.86. The number of piperidine rings is 2. The van der Waals surface area contributed by atoms with Gasteiger partial charge in [0.2, 0.25) is 12.7 Å². The molecule has 1 atom stereocenters. The van der Waals surface area contributed by atoms with Gasteiger partial charge < -0.3 is 19.5 Å². The molecule has 130 valence electrons. The number of nitrogens with zero attached hydrogens (tertiary/aromatic N) is 2. The third-order valence-corrected chi connectivity index (χ3v) is 5.60. The third-order valence-electron chi connectivity index (χ3n) is 5.60. The number of hydrogen-bond acceptors (Lipinski definition) is 5. The molecule has 0 radical (unpaired) electrons. The smallest absolute Gasteiger partial charge is 0.231 e. The van der Waals surface area contributed by atoms with Crippen LogP contribution in [0.15, 0.2) is 18.2 Å². The van der Waals surface area contributed by atoms with Crippen LogP contribution in [-0.4, -0.2) is 60.4 Å². The average molecular weight is 332 g/mol. The van der Waals surface area contributed by atoms with E-state index in [1.165, 1.54) is 0 Å². The van der Waals surface area contributed by atoms with Gasteiger partial charge in [-0.1, -0.05) is 12.1 Å². The highest BCUT2D eigenvalue weighted by Crippen LogP contribution is 2.42. The van der Waals surface area contributed by atoms with Crippen LogP contribution in [0.1, 0.15) is 24.8 Å². The van der Waals surface area contributed by atoms with Gasteiger partial charge in [-0.3, -0.25) is 9.69 Å². The first-order valence-electron chi connectivity index (χ1n) is 8.61. The molecule has 6 heteroatoms. The van der Waals surface area contributed by atoms with E-state index in [1.807, 2.05) is 12.1 Å². The van der Waals surface area contributed by atoms with E-state index in [0.29, 0.717) is 13.0 Å². The van der Waals surface area contributed by atoms with E-state index in [1.54, 1.807) is 11.9 Å². The molecule has 1 N–H and O–H groups in total.